The molecule has 1 amide bonds. The largest absolute Gasteiger partial charge is 0.355 e. The second-order valence-corrected chi connectivity index (χ2v) is 10.2. The van der Waals surface area contributed by atoms with Gasteiger partial charge in [0.1, 0.15) is 0 Å². The summed E-state index contributed by atoms with van der Waals surface area (Å²) in [7, 11) is -3.55. The van der Waals surface area contributed by atoms with E-state index in [1.54, 1.807) is 42.1 Å². The fourth-order valence-corrected chi connectivity index (χ4v) is 5.57. The summed E-state index contributed by atoms with van der Waals surface area (Å²) >= 11 is 7.51. The van der Waals surface area contributed by atoms with Gasteiger partial charge in [0.05, 0.1) is 10.8 Å². The highest BCUT2D eigenvalue weighted by atomic mass is 35.5. The SMILES string of the molecule is O=C(NCCSc1ccc(Cl)cc1)C1CCCN(S(=O)(=O)c2ccccc2)C1. The van der Waals surface area contributed by atoms with E-state index in [9.17, 15) is 13.2 Å². The summed E-state index contributed by atoms with van der Waals surface area (Å²) in [4.78, 5) is 13.9. The van der Waals surface area contributed by atoms with Crippen LogP contribution in [0.25, 0.3) is 0 Å². The highest BCUT2D eigenvalue weighted by Gasteiger charge is 2.33. The molecule has 0 aliphatic carbocycles. The number of halogens is 1. The quantitative estimate of drug-likeness (QED) is 0.529. The molecule has 2 aromatic rings. The first-order valence-corrected chi connectivity index (χ1v) is 12.0. The Morgan fingerprint density at radius 3 is 2.57 bits per heavy atom. The number of benzene rings is 2. The minimum Gasteiger partial charge on any atom is -0.355 e. The summed E-state index contributed by atoms with van der Waals surface area (Å²) in [6, 6.07) is 16.0. The summed E-state index contributed by atoms with van der Waals surface area (Å²) in [5.41, 5.74) is 0. The van der Waals surface area contributed by atoms with E-state index in [4.69, 9.17) is 11.6 Å². The van der Waals surface area contributed by atoms with Crippen LogP contribution in [-0.4, -0.2) is 44.0 Å². The molecule has 1 aliphatic heterocycles. The van der Waals surface area contributed by atoms with Gasteiger partial charge in [-0.05, 0) is 49.2 Å². The van der Waals surface area contributed by atoms with E-state index in [1.807, 2.05) is 24.3 Å². The summed E-state index contributed by atoms with van der Waals surface area (Å²) in [6.45, 7) is 1.22. The van der Waals surface area contributed by atoms with Crippen LogP contribution in [0.5, 0.6) is 0 Å². The summed E-state index contributed by atoms with van der Waals surface area (Å²) in [5, 5.41) is 3.64. The monoisotopic (exact) mass is 438 g/mol. The average molecular weight is 439 g/mol. The number of amides is 1. The van der Waals surface area contributed by atoms with Gasteiger partial charge in [0.25, 0.3) is 0 Å². The summed E-state index contributed by atoms with van der Waals surface area (Å²) in [6.07, 6.45) is 1.39. The normalized spacial score (nSPS) is 18.0. The van der Waals surface area contributed by atoms with E-state index in [0.717, 1.165) is 10.6 Å². The molecular weight excluding hydrogens is 416 g/mol. The van der Waals surface area contributed by atoms with E-state index < -0.39 is 10.0 Å². The van der Waals surface area contributed by atoms with Crippen molar-refractivity contribution in [1.82, 2.24) is 9.62 Å². The van der Waals surface area contributed by atoms with Crippen LogP contribution in [0, 0.1) is 5.92 Å². The number of nitrogens with one attached hydrogen (secondary N) is 1. The molecule has 1 aliphatic rings. The van der Waals surface area contributed by atoms with Crippen LogP contribution in [0.4, 0.5) is 0 Å². The smallest absolute Gasteiger partial charge is 0.243 e. The van der Waals surface area contributed by atoms with Gasteiger partial charge in [-0.1, -0.05) is 29.8 Å². The Bertz CT molecular complexity index is 889. The van der Waals surface area contributed by atoms with Crippen LogP contribution in [0.2, 0.25) is 5.02 Å². The second kappa shape index (κ2) is 9.78. The lowest BCUT2D eigenvalue weighted by Gasteiger charge is -2.31. The molecule has 3 rings (SSSR count). The molecular formula is C20H23ClN2O3S2. The van der Waals surface area contributed by atoms with E-state index in [0.29, 0.717) is 31.0 Å². The van der Waals surface area contributed by atoms with Crippen LogP contribution in [-0.2, 0) is 14.8 Å². The lowest BCUT2D eigenvalue weighted by atomic mass is 9.99. The molecule has 1 N–H and O–H groups in total. The number of carbonyl (C=O) groups is 1. The van der Waals surface area contributed by atoms with Gasteiger partial charge in [-0.25, -0.2) is 8.42 Å². The standard InChI is InChI=1S/C20H23ClN2O3S2/c21-17-8-10-18(11-9-17)27-14-12-22-20(24)16-5-4-13-23(15-16)28(25,26)19-6-2-1-3-7-19/h1-3,6-11,16H,4-5,12-15H2,(H,22,24). The molecule has 1 unspecified atom stereocenters. The van der Waals surface area contributed by atoms with Gasteiger partial charge in [0.15, 0.2) is 0 Å². The predicted molar refractivity (Wildman–Crippen MR) is 113 cm³/mol. The Balaban J connectivity index is 1.49. The fourth-order valence-electron chi connectivity index (χ4n) is 3.13. The molecule has 0 saturated carbocycles. The topological polar surface area (TPSA) is 66.5 Å². The van der Waals surface area contributed by atoms with Crippen molar-refractivity contribution in [2.45, 2.75) is 22.6 Å². The zero-order valence-corrected chi connectivity index (χ0v) is 17.8. The average Bonchev–Trinajstić information content (AvgIpc) is 2.73. The number of piperidine rings is 1. The molecule has 2 aromatic carbocycles. The molecule has 150 valence electrons. The van der Waals surface area contributed by atoms with Gasteiger partial charge >= 0.3 is 0 Å². The highest BCUT2D eigenvalue weighted by molar-refractivity contribution is 7.99. The Labute approximate surface area is 175 Å². The minimum absolute atomic E-state index is 0.0790. The van der Waals surface area contributed by atoms with Gasteiger partial charge in [-0.3, -0.25) is 4.79 Å². The first-order valence-electron chi connectivity index (χ1n) is 9.18. The van der Waals surface area contributed by atoms with Crippen LogP contribution >= 0.6 is 23.4 Å². The van der Waals surface area contributed by atoms with Gasteiger partial charge in [0, 0.05) is 35.3 Å². The number of sulfonamides is 1. The van der Waals surface area contributed by atoms with E-state index in [-0.39, 0.29) is 23.3 Å². The Hall–Kier alpha value is -1.54. The molecule has 0 aromatic heterocycles. The van der Waals surface area contributed by atoms with Crippen LogP contribution in [0.3, 0.4) is 0 Å². The van der Waals surface area contributed by atoms with Crippen molar-refractivity contribution in [3.05, 3.63) is 59.6 Å². The molecule has 1 fully saturated rings. The van der Waals surface area contributed by atoms with Crippen molar-refractivity contribution >= 4 is 39.3 Å². The molecule has 5 nitrogen and oxygen atoms in total. The lowest BCUT2D eigenvalue weighted by Crippen LogP contribution is -2.45. The first kappa shape index (κ1) is 21.2. The molecule has 1 heterocycles. The number of carbonyl (C=O) groups excluding carboxylic acids is 1. The maximum absolute atomic E-state index is 12.8. The summed E-state index contributed by atoms with van der Waals surface area (Å²) < 4.78 is 27.0. The zero-order chi connectivity index (χ0) is 20.0. The Kier molecular flexibility index (Phi) is 7.40. The van der Waals surface area contributed by atoms with Crippen LogP contribution in [0.15, 0.2) is 64.4 Å². The van der Waals surface area contributed by atoms with E-state index >= 15 is 0 Å². The van der Waals surface area contributed by atoms with Crippen molar-refractivity contribution in [2.24, 2.45) is 5.92 Å². The number of rotatable bonds is 7. The zero-order valence-electron chi connectivity index (χ0n) is 15.4. The molecule has 1 atom stereocenters. The Morgan fingerprint density at radius 2 is 1.86 bits per heavy atom. The van der Waals surface area contributed by atoms with Gasteiger partial charge in [-0.15, -0.1) is 11.8 Å². The number of hydrogen-bond donors (Lipinski definition) is 1. The minimum atomic E-state index is -3.55. The molecule has 0 spiro atoms. The maximum atomic E-state index is 12.8. The van der Waals surface area contributed by atoms with Crippen LogP contribution < -0.4 is 5.32 Å². The third-order valence-corrected chi connectivity index (χ3v) is 7.76. The molecule has 8 heteroatoms. The van der Waals surface area contributed by atoms with Crippen molar-refractivity contribution < 1.29 is 13.2 Å². The number of hydrogen-bond acceptors (Lipinski definition) is 4. The first-order chi connectivity index (χ1) is 13.5. The highest BCUT2D eigenvalue weighted by Crippen LogP contribution is 2.24. The predicted octanol–water partition coefficient (Wildman–Crippen LogP) is 3.65. The summed E-state index contributed by atoms with van der Waals surface area (Å²) in [5.74, 6) is 0.351. The molecule has 0 bridgehead atoms. The molecule has 1 saturated heterocycles. The van der Waals surface area contributed by atoms with Gasteiger partial charge < -0.3 is 5.32 Å². The van der Waals surface area contributed by atoms with Gasteiger partial charge in [-0.2, -0.15) is 4.31 Å². The number of thioether (sulfide) groups is 1. The maximum Gasteiger partial charge on any atom is 0.243 e. The number of nitrogens with zero attached hydrogens (tertiary/aromatic N) is 1. The van der Waals surface area contributed by atoms with Gasteiger partial charge in [0.2, 0.25) is 15.9 Å². The molecule has 0 radical (unpaired) electrons. The van der Waals surface area contributed by atoms with E-state index in [1.165, 1.54) is 4.31 Å². The van der Waals surface area contributed by atoms with Crippen molar-refractivity contribution in [1.29, 1.82) is 0 Å². The Morgan fingerprint density at radius 1 is 1.14 bits per heavy atom. The second-order valence-electron chi connectivity index (χ2n) is 6.61. The third kappa shape index (κ3) is 5.50. The van der Waals surface area contributed by atoms with Crippen molar-refractivity contribution in [3.63, 3.8) is 0 Å². The van der Waals surface area contributed by atoms with Crippen molar-refractivity contribution in [3.8, 4) is 0 Å². The van der Waals surface area contributed by atoms with Crippen molar-refractivity contribution in [2.75, 3.05) is 25.4 Å². The van der Waals surface area contributed by atoms with Crippen LogP contribution in [0.1, 0.15) is 12.8 Å². The fraction of sp³-hybridized carbons (Fsp3) is 0.350. The van der Waals surface area contributed by atoms with E-state index in [2.05, 4.69) is 5.32 Å². The third-order valence-electron chi connectivity index (χ3n) is 4.62. The lowest BCUT2D eigenvalue weighted by molar-refractivity contribution is -0.125. The molecule has 28 heavy (non-hydrogen) atoms.